The van der Waals surface area contributed by atoms with Crippen LogP contribution in [-0.2, 0) is 4.79 Å². The van der Waals surface area contributed by atoms with Crippen LogP contribution in [0.4, 0.5) is 18.9 Å². The van der Waals surface area contributed by atoms with Crippen LogP contribution in [0.5, 0.6) is 0 Å². The number of anilines is 1. The maximum atomic E-state index is 12.1. The van der Waals surface area contributed by atoms with Crippen molar-refractivity contribution in [1.82, 2.24) is 5.32 Å². The molecular weight excluding hydrogens is 277 g/mol. The third kappa shape index (κ3) is 7.07. The summed E-state index contributed by atoms with van der Waals surface area (Å²) in [6.07, 6.45) is 0. The fourth-order valence-corrected chi connectivity index (χ4v) is 1.78. The van der Waals surface area contributed by atoms with E-state index in [2.05, 4.69) is 10.6 Å². The summed E-state index contributed by atoms with van der Waals surface area (Å²) in [6, 6.07) is 5.73. The highest BCUT2D eigenvalue weighted by atomic mass is 32.2. The molecule has 1 amide bonds. The molecule has 1 rings (SSSR count). The van der Waals surface area contributed by atoms with Crippen LogP contribution >= 0.6 is 11.8 Å². The molecule has 2 N–H and O–H groups in total. The van der Waals surface area contributed by atoms with E-state index in [1.807, 2.05) is 13.8 Å². The zero-order valence-electron chi connectivity index (χ0n) is 10.5. The lowest BCUT2D eigenvalue weighted by Gasteiger charge is -2.10. The summed E-state index contributed by atoms with van der Waals surface area (Å²) in [5, 5.41) is 5.54. The van der Waals surface area contributed by atoms with Crippen LogP contribution in [0.25, 0.3) is 0 Å². The molecule has 0 bridgehead atoms. The summed E-state index contributed by atoms with van der Waals surface area (Å²) in [7, 11) is 0. The molecule has 19 heavy (non-hydrogen) atoms. The second-order valence-corrected chi connectivity index (χ2v) is 5.29. The predicted molar refractivity (Wildman–Crippen MR) is 70.1 cm³/mol. The van der Waals surface area contributed by atoms with E-state index in [0.29, 0.717) is 5.69 Å². The quantitative estimate of drug-likeness (QED) is 0.819. The number of halogens is 3. The predicted octanol–water partition coefficient (Wildman–Crippen LogP) is 3.24. The van der Waals surface area contributed by atoms with Crippen molar-refractivity contribution >= 4 is 23.4 Å². The lowest BCUT2D eigenvalue weighted by Crippen LogP contribution is -2.32. The van der Waals surface area contributed by atoms with Crippen LogP contribution in [0, 0.1) is 0 Å². The maximum Gasteiger partial charge on any atom is 0.446 e. The number of nitrogens with one attached hydrogen (secondary N) is 2. The fourth-order valence-electron chi connectivity index (χ4n) is 1.24. The molecule has 1 aromatic rings. The van der Waals surface area contributed by atoms with Gasteiger partial charge >= 0.3 is 5.51 Å². The zero-order valence-corrected chi connectivity index (χ0v) is 11.4. The second-order valence-electron chi connectivity index (χ2n) is 4.16. The first-order chi connectivity index (χ1) is 8.76. The van der Waals surface area contributed by atoms with Crippen LogP contribution in [0.3, 0.4) is 0 Å². The average Bonchev–Trinajstić information content (AvgIpc) is 2.27. The van der Waals surface area contributed by atoms with Gasteiger partial charge in [-0.05, 0) is 36.0 Å². The largest absolute Gasteiger partial charge is 0.446 e. The number of rotatable bonds is 5. The van der Waals surface area contributed by atoms with Crippen molar-refractivity contribution in [3.05, 3.63) is 24.3 Å². The smallest absolute Gasteiger partial charge is 0.325 e. The molecule has 3 nitrogen and oxygen atoms in total. The van der Waals surface area contributed by atoms with E-state index in [9.17, 15) is 18.0 Å². The number of hydrogen-bond acceptors (Lipinski definition) is 3. The molecule has 0 saturated carbocycles. The van der Waals surface area contributed by atoms with Crippen LogP contribution in [0.15, 0.2) is 29.2 Å². The van der Waals surface area contributed by atoms with Crippen molar-refractivity contribution in [3.8, 4) is 0 Å². The van der Waals surface area contributed by atoms with Gasteiger partial charge < -0.3 is 10.6 Å². The molecule has 0 radical (unpaired) electrons. The Balaban J connectivity index is 2.50. The van der Waals surface area contributed by atoms with Gasteiger partial charge in [0.2, 0.25) is 5.91 Å². The summed E-state index contributed by atoms with van der Waals surface area (Å²) in [5.41, 5.74) is -3.83. The maximum absolute atomic E-state index is 12.1. The van der Waals surface area contributed by atoms with Crippen molar-refractivity contribution in [1.29, 1.82) is 0 Å². The van der Waals surface area contributed by atoms with E-state index in [4.69, 9.17) is 0 Å². The molecule has 0 fully saturated rings. The Hall–Kier alpha value is -1.21. The van der Waals surface area contributed by atoms with Crippen LogP contribution in [-0.4, -0.2) is 24.0 Å². The molecule has 106 valence electrons. The molecule has 0 aliphatic carbocycles. The van der Waals surface area contributed by atoms with Gasteiger partial charge in [-0.1, -0.05) is 13.8 Å². The molecule has 0 saturated heterocycles. The minimum absolute atomic E-state index is 0.0887. The minimum atomic E-state index is -4.30. The number of alkyl halides is 3. The van der Waals surface area contributed by atoms with E-state index >= 15 is 0 Å². The Morgan fingerprint density at radius 1 is 1.26 bits per heavy atom. The molecule has 0 heterocycles. The van der Waals surface area contributed by atoms with Gasteiger partial charge in [0.1, 0.15) is 0 Å². The van der Waals surface area contributed by atoms with Crippen molar-refractivity contribution in [2.24, 2.45) is 0 Å². The van der Waals surface area contributed by atoms with E-state index in [1.54, 1.807) is 0 Å². The number of benzene rings is 1. The topological polar surface area (TPSA) is 41.1 Å². The van der Waals surface area contributed by atoms with Gasteiger partial charge in [0.25, 0.3) is 0 Å². The molecule has 0 unspecified atom stereocenters. The van der Waals surface area contributed by atoms with Crippen LogP contribution < -0.4 is 10.6 Å². The Morgan fingerprint density at radius 3 is 2.32 bits per heavy atom. The normalized spacial score (nSPS) is 11.7. The van der Waals surface area contributed by atoms with E-state index in [1.165, 1.54) is 24.3 Å². The highest BCUT2D eigenvalue weighted by Gasteiger charge is 2.28. The third-order valence-corrected chi connectivity index (χ3v) is 2.78. The molecule has 0 spiro atoms. The molecule has 0 aliphatic rings. The van der Waals surface area contributed by atoms with Crippen molar-refractivity contribution in [2.75, 3.05) is 11.9 Å². The Morgan fingerprint density at radius 2 is 1.84 bits per heavy atom. The second kappa shape index (κ2) is 6.81. The van der Waals surface area contributed by atoms with Crippen molar-refractivity contribution in [2.45, 2.75) is 30.3 Å². The van der Waals surface area contributed by atoms with Gasteiger partial charge in [-0.3, -0.25) is 4.79 Å². The molecular formula is C12H15F3N2OS. The number of thioether (sulfide) groups is 1. The Bertz CT molecular complexity index is 418. The van der Waals surface area contributed by atoms with E-state index < -0.39 is 5.51 Å². The molecule has 7 heteroatoms. The van der Waals surface area contributed by atoms with Gasteiger partial charge in [-0.25, -0.2) is 0 Å². The third-order valence-electron chi connectivity index (χ3n) is 2.04. The zero-order chi connectivity index (χ0) is 14.5. The van der Waals surface area contributed by atoms with E-state index in [0.717, 1.165) is 0 Å². The number of carbonyl (C=O) groups is 1. The lowest BCUT2D eigenvalue weighted by molar-refractivity contribution is -0.115. The minimum Gasteiger partial charge on any atom is -0.325 e. The van der Waals surface area contributed by atoms with Gasteiger partial charge in [-0.15, -0.1) is 0 Å². The molecule has 0 aliphatic heterocycles. The van der Waals surface area contributed by atoms with Gasteiger partial charge in [0, 0.05) is 16.6 Å². The Kier molecular flexibility index (Phi) is 5.68. The number of hydrogen-bond donors (Lipinski definition) is 2. The SMILES string of the molecule is CC(C)NCC(=O)Nc1ccc(SC(F)(F)F)cc1. The highest BCUT2D eigenvalue weighted by molar-refractivity contribution is 8.00. The van der Waals surface area contributed by atoms with E-state index in [-0.39, 0.29) is 35.2 Å². The van der Waals surface area contributed by atoms with Gasteiger partial charge in [-0.2, -0.15) is 13.2 Å². The molecule has 0 atom stereocenters. The average molecular weight is 292 g/mol. The molecule has 0 aromatic heterocycles. The summed E-state index contributed by atoms with van der Waals surface area (Å²) in [6.45, 7) is 3.99. The standard InChI is InChI=1S/C12H15F3N2OS/c1-8(2)16-7-11(18)17-9-3-5-10(6-4-9)19-12(13,14)15/h3-6,8,16H,7H2,1-2H3,(H,17,18). The fraction of sp³-hybridized carbons (Fsp3) is 0.417. The van der Waals surface area contributed by atoms with Crippen molar-refractivity contribution < 1.29 is 18.0 Å². The Labute approximate surface area is 114 Å². The lowest BCUT2D eigenvalue weighted by atomic mass is 10.3. The first-order valence-corrected chi connectivity index (χ1v) is 6.47. The van der Waals surface area contributed by atoms with Crippen LogP contribution in [0.1, 0.15) is 13.8 Å². The first-order valence-electron chi connectivity index (χ1n) is 5.65. The number of carbonyl (C=O) groups excluding carboxylic acids is 1. The van der Waals surface area contributed by atoms with Gasteiger partial charge in [0.05, 0.1) is 6.54 Å². The monoisotopic (exact) mass is 292 g/mol. The number of amides is 1. The summed E-state index contributed by atoms with van der Waals surface area (Å²) in [5.74, 6) is -0.232. The highest BCUT2D eigenvalue weighted by Crippen LogP contribution is 2.36. The summed E-state index contributed by atoms with van der Waals surface area (Å²) >= 11 is -0.183. The first kappa shape index (κ1) is 15.8. The summed E-state index contributed by atoms with van der Waals surface area (Å²) in [4.78, 5) is 11.6. The van der Waals surface area contributed by atoms with Crippen molar-refractivity contribution in [3.63, 3.8) is 0 Å². The summed E-state index contributed by atoms with van der Waals surface area (Å²) < 4.78 is 36.3. The molecule has 1 aromatic carbocycles. The van der Waals surface area contributed by atoms with Crippen LogP contribution in [0.2, 0.25) is 0 Å². The van der Waals surface area contributed by atoms with Gasteiger partial charge in [0.15, 0.2) is 0 Å².